The third kappa shape index (κ3) is 2.55. The molecule has 0 fully saturated rings. The monoisotopic (exact) mass is 237 g/mol. The molecule has 0 aliphatic heterocycles. The molecule has 86 valence electrons. The van der Waals surface area contributed by atoms with E-state index < -0.39 is 0 Å². The highest BCUT2D eigenvalue weighted by Gasteiger charge is 2.03. The third-order valence-corrected chi connectivity index (χ3v) is 2.84. The van der Waals surface area contributed by atoms with Crippen molar-refractivity contribution in [2.75, 3.05) is 13.1 Å². The normalized spacial score (nSPS) is 11.1. The zero-order chi connectivity index (χ0) is 11.4. The Kier molecular flexibility index (Phi) is 3.83. The number of aromatic nitrogens is 1. The van der Waals surface area contributed by atoms with E-state index in [2.05, 4.69) is 10.3 Å². The Morgan fingerprint density at radius 1 is 1.38 bits per heavy atom. The van der Waals surface area contributed by atoms with Gasteiger partial charge < -0.3 is 16.0 Å². The molecule has 0 bridgehead atoms. The van der Waals surface area contributed by atoms with Crippen LogP contribution in [0.4, 0.5) is 0 Å². The van der Waals surface area contributed by atoms with Gasteiger partial charge in [0.05, 0.1) is 0 Å². The van der Waals surface area contributed by atoms with Crippen molar-refractivity contribution >= 4 is 22.5 Å². The first-order chi connectivity index (χ1) is 7.81. The van der Waals surface area contributed by atoms with Crippen LogP contribution in [0.25, 0.3) is 10.9 Å². The van der Waals surface area contributed by atoms with E-state index in [0.717, 1.165) is 36.6 Å². The summed E-state index contributed by atoms with van der Waals surface area (Å²) in [6.45, 7) is 2.55. The Labute approximate surface area is 100.0 Å². The van der Waals surface area contributed by atoms with Crippen LogP contribution in [0.3, 0.4) is 0 Å². The number of benzene rings is 1. The molecule has 0 aliphatic carbocycles. The van der Waals surface area contributed by atoms with Crippen LogP contribution in [0.15, 0.2) is 24.4 Å². The van der Waals surface area contributed by atoms with E-state index in [1.165, 1.54) is 10.9 Å². The lowest BCUT2D eigenvalue weighted by molar-refractivity contribution is 0.657. The van der Waals surface area contributed by atoms with Crippen LogP contribution in [0, 0.1) is 0 Å². The quantitative estimate of drug-likeness (QED) is 0.699. The van der Waals surface area contributed by atoms with Gasteiger partial charge in [-0.3, -0.25) is 0 Å². The van der Waals surface area contributed by atoms with Gasteiger partial charge in [0.15, 0.2) is 0 Å². The minimum Gasteiger partial charge on any atom is -0.361 e. The average Bonchev–Trinajstić information content (AvgIpc) is 2.67. The van der Waals surface area contributed by atoms with Crippen molar-refractivity contribution in [2.24, 2.45) is 5.73 Å². The van der Waals surface area contributed by atoms with Gasteiger partial charge in [0.25, 0.3) is 0 Å². The molecule has 4 N–H and O–H groups in total. The van der Waals surface area contributed by atoms with Gasteiger partial charge in [-0.2, -0.15) is 0 Å². The molecule has 4 heteroatoms. The zero-order valence-corrected chi connectivity index (χ0v) is 9.85. The van der Waals surface area contributed by atoms with Crippen molar-refractivity contribution in [1.29, 1.82) is 0 Å². The molecule has 0 saturated carbocycles. The van der Waals surface area contributed by atoms with Crippen LogP contribution in [0.1, 0.15) is 12.0 Å². The maximum Gasteiger partial charge on any atom is 0.0472 e. The van der Waals surface area contributed by atoms with E-state index in [9.17, 15) is 0 Å². The van der Waals surface area contributed by atoms with Crippen molar-refractivity contribution in [3.05, 3.63) is 35.0 Å². The van der Waals surface area contributed by atoms with E-state index in [1.54, 1.807) is 0 Å². The molecule has 0 radical (unpaired) electrons. The summed E-state index contributed by atoms with van der Waals surface area (Å²) in [7, 11) is 0. The molecule has 2 rings (SSSR count). The summed E-state index contributed by atoms with van der Waals surface area (Å²) in [4.78, 5) is 3.22. The second-order valence-corrected chi connectivity index (χ2v) is 4.26. The predicted octanol–water partition coefficient (Wildman–Crippen LogP) is 2.26. The van der Waals surface area contributed by atoms with E-state index >= 15 is 0 Å². The summed E-state index contributed by atoms with van der Waals surface area (Å²) in [5.74, 6) is 0. The van der Waals surface area contributed by atoms with Crippen molar-refractivity contribution in [3.8, 4) is 0 Å². The highest BCUT2D eigenvalue weighted by molar-refractivity contribution is 6.31. The molecule has 0 atom stereocenters. The molecule has 16 heavy (non-hydrogen) atoms. The van der Waals surface area contributed by atoms with Crippen LogP contribution >= 0.6 is 11.6 Å². The van der Waals surface area contributed by atoms with Crippen molar-refractivity contribution in [3.63, 3.8) is 0 Å². The fraction of sp³-hybridized carbons (Fsp3) is 0.333. The number of hydrogen-bond donors (Lipinski definition) is 3. The average molecular weight is 238 g/mol. The first-order valence-corrected chi connectivity index (χ1v) is 5.85. The first kappa shape index (κ1) is 11.5. The molecule has 2 aromatic rings. The molecule has 0 unspecified atom stereocenters. The van der Waals surface area contributed by atoms with Crippen LogP contribution in [-0.4, -0.2) is 18.1 Å². The maximum absolute atomic E-state index is 5.92. The van der Waals surface area contributed by atoms with Crippen molar-refractivity contribution in [2.45, 2.75) is 13.0 Å². The fourth-order valence-electron chi connectivity index (χ4n) is 1.75. The molecule has 0 aliphatic rings. The van der Waals surface area contributed by atoms with Crippen LogP contribution in [-0.2, 0) is 6.54 Å². The van der Waals surface area contributed by atoms with Gasteiger partial charge in [-0.1, -0.05) is 17.7 Å². The van der Waals surface area contributed by atoms with Crippen LogP contribution in [0.5, 0.6) is 0 Å². The highest BCUT2D eigenvalue weighted by Crippen LogP contribution is 2.21. The van der Waals surface area contributed by atoms with Crippen molar-refractivity contribution < 1.29 is 0 Å². The van der Waals surface area contributed by atoms with Gasteiger partial charge >= 0.3 is 0 Å². The lowest BCUT2D eigenvalue weighted by Crippen LogP contribution is -2.17. The third-order valence-electron chi connectivity index (χ3n) is 2.60. The number of nitrogens with one attached hydrogen (secondary N) is 2. The largest absolute Gasteiger partial charge is 0.361 e. The molecular formula is C12H16ClN3. The fourth-order valence-corrected chi connectivity index (χ4v) is 1.93. The smallest absolute Gasteiger partial charge is 0.0472 e. The lowest BCUT2D eigenvalue weighted by Gasteiger charge is -2.02. The molecule has 0 amide bonds. The van der Waals surface area contributed by atoms with Gasteiger partial charge in [-0.15, -0.1) is 0 Å². The molecular weight excluding hydrogens is 222 g/mol. The van der Waals surface area contributed by atoms with Gasteiger partial charge in [0.1, 0.15) is 0 Å². The number of H-pyrrole nitrogens is 1. The Bertz CT molecular complexity index is 464. The maximum atomic E-state index is 5.92. The minimum atomic E-state index is 0.733. The summed E-state index contributed by atoms with van der Waals surface area (Å²) in [6.07, 6.45) is 3.03. The summed E-state index contributed by atoms with van der Waals surface area (Å²) < 4.78 is 0. The lowest BCUT2D eigenvalue weighted by atomic mass is 10.2. The van der Waals surface area contributed by atoms with Gasteiger partial charge in [-0.05, 0) is 37.2 Å². The standard InChI is InChI=1S/C12H16ClN3/c13-10-2-3-11-9(7-15-5-1-4-14)8-16-12(11)6-10/h2-3,6,8,15-16H,1,4-5,7,14H2. The molecule has 1 aromatic carbocycles. The Hall–Kier alpha value is -1.03. The van der Waals surface area contributed by atoms with E-state index in [1.807, 2.05) is 24.4 Å². The van der Waals surface area contributed by atoms with Crippen molar-refractivity contribution in [1.82, 2.24) is 10.3 Å². The highest BCUT2D eigenvalue weighted by atomic mass is 35.5. The minimum absolute atomic E-state index is 0.733. The van der Waals surface area contributed by atoms with E-state index in [-0.39, 0.29) is 0 Å². The predicted molar refractivity (Wildman–Crippen MR) is 68.7 cm³/mol. The number of rotatable bonds is 5. The number of aromatic amines is 1. The zero-order valence-electron chi connectivity index (χ0n) is 9.09. The molecule has 0 saturated heterocycles. The molecule has 0 spiro atoms. The van der Waals surface area contributed by atoms with Crippen LogP contribution in [0.2, 0.25) is 5.02 Å². The molecule has 1 heterocycles. The molecule has 3 nitrogen and oxygen atoms in total. The summed E-state index contributed by atoms with van der Waals surface area (Å²) in [5, 5.41) is 5.35. The summed E-state index contributed by atoms with van der Waals surface area (Å²) in [6, 6.07) is 5.91. The first-order valence-electron chi connectivity index (χ1n) is 5.47. The number of hydrogen-bond acceptors (Lipinski definition) is 2. The van der Waals surface area contributed by atoms with Gasteiger partial charge in [0, 0.05) is 28.7 Å². The van der Waals surface area contributed by atoms with Crippen LogP contribution < -0.4 is 11.1 Å². The number of fused-ring (bicyclic) bond motifs is 1. The topological polar surface area (TPSA) is 53.8 Å². The summed E-state index contributed by atoms with van der Waals surface area (Å²) >= 11 is 5.92. The van der Waals surface area contributed by atoms with E-state index in [4.69, 9.17) is 17.3 Å². The Morgan fingerprint density at radius 2 is 2.25 bits per heavy atom. The second kappa shape index (κ2) is 5.34. The van der Waals surface area contributed by atoms with Gasteiger partial charge in [0.2, 0.25) is 0 Å². The van der Waals surface area contributed by atoms with E-state index in [0.29, 0.717) is 0 Å². The Morgan fingerprint density at radius 3 is 3.06 bits per heavy atom. The summed E-state index contributed by atoms with van der Waals surface area (Å²) in [5.41, 5.74) is 7.79. The molecule has 1 aromatic heterocycles. The number of nitrogens with two attached hydrogens (primary N) is 1. The number of halogens is 1. The second-order valence-electron chi connectivity index (χ2n) is 3.82. The Balaban J connectivity index is 2.07. The SMILES string of the molecule is NCCCNCc1c[nH]c2cc(Cl)ccc12. The van der Waals surface area contributed by atoms with Gasteiger partial charge in [-0.25, -0.2) is 0 Å².